The van der Waals surface area contributed by atoms with Gasteiger partial charge >= 0.3 is 6.03 Å². The molecule has 1 fully saturated rings. The van der Waals surface area contributed by atoms with E-state index >= 15 is 0 Å². The lowest BCUT2D eigenvalue weighted by molar-refractivity contribution is -0.134. The van der Waals surface area contributed by atoms with Gasteiger partial charge in [0.2, 0.25) is 5.91 Å². The van der Waals surface area contributed by atoms with Gasteiger partial charge in [0.15, 0.2) is 0 Å². The molecule has 3 aromatic carbocycles. The van der Waals surface area contributed by atoms with Crippen LogP contribution in [0, 0.1) is 0 Å². The number of amides is 4. The number of rotatable bonds is 4. The van der Waals surface area contributed by atoms with Gasteiger partial charge in [-0.05, 0) is 53.6 Å². The summed E-state index contributed by atoms with van der Waals surface area (Å²) in [7, 11) is 0. The third kappa shape index (κ3) is 3.43. The lowest BCUT2D eigenvalue weighted by Gasteiger charge is -2.33. The zero-order valence-electron chi connectivity index (χ0n) is 17.5. The summed E-state index contributed by atoms with van der Waals surface area (Å²) in [4.78, 5) is 39.6. The number of anilines is 1. The van der Waals surface area contributed by atoms with E-state index in [1.807, 2.05) is 78.9 Å². The molecule has 1 atom stereocenters. The third-order valence-corrected chi connectivity index (χ3v) is 6.23. The van der Waals surface area contributed by atoms with Crippen LogP contribution < -0.4 is 10.6 Å². The summed E-state index contributed by atoms with van der Waals surface area (Å²) >= 11 is 0. The van der Waals surface area contributed by atoms with Crippen molar-refractivity contribution in [3.05, 3.63) is 90.0 Å². The maximum absolute atomic E-state index is 13.3. The van der Waals surface area contributed by atoms with Crippen molar-refractivity contribution in [1.29, 1.82) is 0 Å². The first-order valence-corrected chi connectivity index (χ1v) is 10.7. The summed E-state index contributed by atoms with van der Waals surface area (Å²) in [5.41, 5.74) is 3.57. The molecular formula is C26H23N3O3. The zero-order valence-corrected chi connectivity index (χ0v) is 17.5. The van der Waals surface area contributed by atoms with Crippen molar-refractivity contribution in [3.8, 4) is 11.1 Å². The van der Waals surface area contributed by atoms with E-state index in [9.17, 15) is 14.4 Å². The van der Waals surface area contributed by atoms with E-state index in [1.54, 1.807) is 0 Å². The van der Waals surface area contributed by atoms with E-state index in [0.717, 1.165) is 40.0 Å². The average molecular weight is 425 g/mol. The Kier molecular flexibility index (Phi) is 4.98. The molecule has 32 heavy (non-hydrogen) atoms. The predicted molar refractivity (Wildman–Crippen MR) is 122 cm³/mol. The molecular weight excluding hydrogens is 402 g/mol. The Morgan fingerprint density at radius 3 is 2.38 bits per heavy atom. The molecule has 3 aromatic rings. The fraction of sp³-hybridized carbons (Fsp3) is 0.192. The highest BCUT2D eigenvalue weighted by atomic mass is 16.2. The summed E-state index contributed by atoms with van der Waals surface area (Å²) < 4.78 is 0. The highest BCUT2D eigenvalue weighted by molar-refractivity contribution is 6.10. The van der Waals surface area contributed by atoms with Gasteiger partial charge in [0.05, 0.1) is 0 Å². The Balaban J connectivity index is 1.29. The lowest BCUT2D eigenvalue weighted by atomic mass is 9.76. The van der Waals surface area contributed by atoms with E-state index in [0.29, 0.717) is 12.1 Å². The molecule has 4 amide bonds. The number of nitrogens with one attached hydrogen (secondary N) is 2. The van der Waals surface area contributed by atoms with Gasteiger partial charge in [0, 0.05) is 5.69 Å². The smallest absolute Gasteiger partial charge is 0.325 e. The molecule has 0 unspecified atom stereocenters. The number of aryl methyl sites for hydroxylation is 1. The van der Waals surface area contributed by atoms with Crippen LogP contribution in [0.2, 0.25) is 0 Å². The number of nitrogens with zero attached hydrogens (tertiary/aromatic N) is 1. The van der Waals surface area contributed by atoms with Crippen LogP contribution in [0.1, 0.15) is 24.0 Å². The SMILES string of the molecule is O=C(CN1C(=O)N[C@]2(CCCc3ccccc32)C1=O)Nc1ccc(-c2ccccc2)cc1. The first-order chi connectivity index (χ1) is 15.6. The van der Waals surface area contributed by atoms with Gasteiger partial charge in [-0.15, -0.1) is 0 Å². The summed E-state index contributed by atoms with van der Waals surface area (Å²) in [5.74, 6) is -0.772. The Labute approximate surface area is 186 Å². The number of benzene rings is 3. The highest BCUT2D eigenvalue weighted by Crippen LogP contribution is 2.39. The second kappa shape index (κ2) is 7.96. The monoisotopic (exact) mass is 425 g/mol. The van der Waals surface area contributed by atoms with Crippen LogP contribution in [0.4, 0.5) is 10.5 Å². The third-order valence-electron chi connectivity index (χ3n) is 6.23. The molecule has 1 heterocycles. The number of urea groups is 1. The van der Waals surface area contributed by atoms with Crippen LogP contribution in [-0.2, 0) is 21.5 Å². The maximum Gasteiger partial charge on any atom is 0.325 e. The van der Waals surface area contributed by atoms with Gasteiger partial charge in [-0.1, -0.05) is 66.7 Å². The van der Waals surface area contributed by atoms with Gasteiger partial charge in [-0.3, -0.25) is 14.5 Å². The number of fused-ring (bicyclic) bond motifs is 2. The van der Waals surface area contributed by atoms with Crippen LogP contribution in [0.5, 0.6) is 0 Å². The molecule has 6 nitrogen and oxygen atoms in total. The molecule has 2 N–H and O–H groups in total. The van der Waals surface area contributed by atoms with Crippen molar-refractivity contribution in [3.63, 3.8) is 0 Å². The molecule has 2 aliphatic rings. The standard InChI is InChI=1S/C26H23N3O3/c30-23(27-21-14-12-19(13-15-21)18-7-2-1-3-8-18)17-29-24(31)26(28-25(29)32)16-6-10-20-9-4-5-11-22(20)26/h1-5,7-9,11-15H,6,10,16-17H2,(H,27,30)(H,28,32)/t26-/m0/s1. The Bertz CT molecular complexity index is 1190. The quantitative estimate of drug-likeness (QED) is 0.619. The van der Waals surface area contributed by atoms with E-state index < -0.39 is 17.5 Å². The molecule has 5 rings (SSSR count). The molecule has 1 saturated heterocycles. The molecule has 1 aliphatic carbocycles. The number of hydrogen-bond donors (Lipinski definition) is 2. The molecule has 0 bridgehead atoms. The minimum absolute atomic E-state index is 0.324. The zero-order chi connectivity index (χ0) is 22.1. The lowest BCUT2D eigenvalue weighted by Crippen LogP contribution is -2.47. The second-order valence-corrected chi connectivity index (χ2v) is 8.23. The topological polar surface area (TPSA) is 78.5 Å². The van der Waals surface area contributed by atoms with Crippen LogP contribution in [0.3, 0.4) is 0 Å². The number of imide groups is 1. The summed E-state index contributed by atoms with van der Waals surface area (Å²) in [6, 6.07) is 24.6. The summed E-state index contributed by atoms with van der Waals surface area (Å²) in [6.07, 6.45) is 2.21. The largest absolute Gasteiger partial charge is 0.325 e. The molecule has 0 radical (unpaired) electrons. The predicted octanol–water partition coefficient (Wildman–Crippen LogP) is 4.08. The number of carbonyl (C=O) groups is 3. The van der Waals surface area contributed by atoms with Gasteiger partial charge in [0.1, 0.15) is 12.1 Å². The van der Waals surface area contributed by atoms with Crippen molar-refractivity contribution in [2.45, 2.75) is 24.8 Å². The van der Waals surface area contributed by atoms with E-state index in [1.165, 1.54) is 0 Å². The van der Waals surface area contributed by atoms with Crippen LogP contribution in [-0.4, -0.2) is 29.3 Å². The van der Waals surface area contributed by atoms with Gasteiger partial charge in [-0.25, -0.2) is 4.79 Å². The summed E-state index contributed by atoms with van der Waals surface area (Å²) in [5, 5.41) is 5.66. The molecule has 1 aliphatic heterocycles. The fourth-order valence-electron chi connectivity index (χ4n) is 4.68. The Morgan fingerprint density at radius 2 is 1.59 bits per heavy atom. The number of hydrogen-bond acceptors (Lipinski definition) is 3. The van der Waals surface area contributed by atoms with Crippen molar-refractivity contribution in [2.75, 3.05) is 11.9 Å². The van der Waals surface area contributed by atoms with Crippen molar-refractivity contribution in [2.24, 2.45) is 0 Å². The molecule has 0 saturated carbocycles. The number of carbonyl (C=O) groups excluding carboxylic acids is 3. The normalized spacial score (nSPS) is 19.6. The maximum atomic E-state index is 13.3. The fourth-order valence-corrected chi connectivity index (χ4v) is 4.68. The van der Waals surface area contributed by atoms with E-state index in [4.69, 9.17) is 0 Å². The second-order valence-electron chi connectivity index (χ2n) is 8.23. The van der Waals surface area contributed by atoms with Crippen LogP contribution in [0.15, 0.2) is 78.9 Å². The van der Waals surface area contributed by atoms with Crippen LogP contribution >= 0.6 is 0 Å². The van der Waals surface area contributed by atoms with Crippen molar-refractivity contribution in [1.82, 2.24) is 10.2 Å². The molecule has 160 valence electrons. The van der Waals surface area contributed by atoms with E-state index in [2.05, 4.69) is 10.6 Å². The van der Waals surface area contributed by atoms with Crippen molar-refractivity contribution < 1.29 is 14.4 Å². The Hall–Kier alpha value is -3.93. The molecule has 0 aromatic heterocycles. The highest BCUT2D eigenvalue weighted by Gasteiger charge is 2.54. The molecule has 6 heteroatoms. The average Bonchev–Trinajstić information content (AvgIpc) is 3.05. The minimum Gasteiger partial charge on any atom is -0.325 e. The van der Waals surface area contributed by atoms with Crippen LogP contribution in [0.25, 0.3) is 11.1 Å². The van der Waals surface area contributed by atoms with E-state index in [-0.39, 0.29) is 12.5 Å². The Morgan fingerprint density at radius 1 is 0.906 bits per heavy atom. The first-order valence-electron chi connectivity index (χ1n) is 10.7. The minimum atomic E-state index is -1.07. The molecule has 1 spiro atoms. The van der Waals surface area contributed by atoms with Gasteiger partial charge < -0.3 is 10.6 Å². The van der Waals surface area contributed by atoms with Crippen molar-refractivity contribution >= 4 is 23.5 Å². The summed E-state index contributed by atoms with van der Waals surface area (Å²) in [6.45, 7) is -0.324. The first kappa shape index (κ1) is 20.0. The van der Waals surface area contributed by atoms with Gasteiger partial charge in [-0.2, -0.15) is 0 Å². The van der Waals surface area contributed by atoms with Gasteiger partial charge in [0.25, 0.3) is 5.91 Å².